The van der Waals surface area contributed by atoms with Crippen LogP contribution in [0.5, 0.6) is 0 Å². The van der Waals surface area contributed by atoms with Gasteiger partial charge in [0.1, 0.15) is 16.4 Å². The van der Waals surface area contributed by atoms with Crippen LogP contribution < -0.4 is 10.6 Å². The summed E-state index contributed by atoms with van der Waals surface area (Å²) in [6.07, 6.45) is 0. The molecule has 3 amide bonds. The van der Waals surface area contributed by atoms with Crippen LogP contribution in [0.4, 0.5) is 15.8 Å². The van der Waals surface area contributed by atoms with Crippen LogP contribution in [0, 0.1) is 12.7 Å². The Morgan fingerprint density at radius 2 is 1.46 bits per heavy atom. The van der Waals surface area contributed by atoms with Crippen LogP contribution >= 0.6 is 11.8 Å². The number of thioether (sulfide) groups is 1. The Bertz CT molecular complexity index is 1300. The van der Waals surface area contributed by atoms with Crippen molar-refractivity contribution in [3.63, 3.8) is 0 Å². The molecule has 1 aliphatic rings. The number of hydrogen-bond donors (Lipinski definition) is 2. The Hall–Kier alpha value is -3.91. The van der Waals surface area contributed by atoms with E-state index in [1.54, 1.807) is 38.1 Å². The third-order valence-electron chi connectivity index (χ3n) is 5.35. The molecule has 0 spiro atoms. The summed E-state index contributed by atoms with van der Waals surface area (Å²) in [5, 5.41) is 5.88. The van der Waals surface area contributed by atoms with Gasteiger partial charge in [0.2, 0.25) is 0 Å². The fourth-order valence-corrected chi connectivity index (χ4v) is 4.44. The average Bonchev–Trinajstić information content (AvgIpc) is 3.06. The van der Waals surface area contributed by atoms with E-state index in [0.29, 0.717) is 21.8 Å². The van der Waals surface area contributed by atoms with Crippen molar-refractivity contribution in [1.82, 2.24) is 4.90 Å². The second kappa shape index (κ2) is 10.1. The van der Waals surface area contributed by atoms with Crippen molar-refractivity contribution < 1.29 is 18.8 Å². The number of aryl methyl sites for hydroxylation is 1. The normalized spacial score (nSPS) is 13.6. The van der Waals surface area contributed by atoms with E-state index in [2.05, 4.69) is 10.6 Å². The van der Waals surface area contributed by atoms with E-state index in [1.807, 2.05) is 31.2 Å². The molecule has 3 aromatic carbocycles. The number of rotatable bonds is 7. The predicted molar refractivity (Wildman–Crippen MR) is 135 cm³/mol. The van der Waals surface area contributed by atoms with E-state index in [0.717, 1.165) is 10.5 Å². The molecule has 0 saturated heterocycles. The number of halogens is 1. The molecule has 35 heavy (non-hydrogen) atoms. The van der Waals surface area contributed by atoms with Gasteiger partial charge in [0.25, 0.3) is 17.7 Å². The number of imide groups is 1. The number of anilines is 2. The number of amides is 3. The molecule has 1 heterocycles. The molecule has 6 nitrogen and oxygen atoms in total. The molecule has 178 valence electrons. The minimum absolute atomic E-state index is 0.242. The highest BCUT2D eigenvalue weighted by atomic mass is 32.2. The Morgan fingerprint density at radius 3 is 2.06 bits per heavy atom. The second-order valence-corrected chi connectivity index (χ2v) is 9.44. The highest BCUT2D eigenvalue weighted by Gasteiger charge is 2.40. The topological polar surface area (TPSA) is 78.5 Å². The van der Waals surface area contributed by atoms with Gasteiger partial charge in [-0.05, 0) is 81.4 Å². The molecule has 0 radical (unpaired) electrons. The van der Waals surface area contributed by atoms with Gasteiger partial charge in [-0.3, -0.25) is 19.3 Å². The van der Waals surface area contributed by atoms with Gasteiger partial charge in [0, 0.05) is 27.9 Å². The van der Waals surface area contributed by atoms with Crippen LogP contribution in [0.15, 0.2) is 88.3 Å². The number of carbonyl (C=O) groups is 3. The molecule has 8 heteroatoms. The number of nitrogens with one attached hydrogen (secondary N) is 2. The van der Waals surface area contributed by atoms with Crippen LogP contribution in [-0.4, -0.2) is 28.7 Å². The second-order valence-electron chi connectivity index (χ2n) is 8.36. The van der Waals surface area contributed by atoms with Crippen LogP contribution in [0.25, 0.3) is 0 Å². The third-order valence-corrected chi connectivity index (χ3v) is 6.44. The van der Waals surface area contributed by atoms with Gasteiger partial charge in [-0.1, -0.05) is 29.5 Å². The SMILES string of the molecule is Cc1ccc(NC2=C(Sc3ccc(NC(=O)c4ccc(F)cc4)cc3)C(=O)N(C(C)C)C2=O)cc1. The monoisotopic (exact) mass is 489 g/mol. The van der Waals surface area contributed by atoms with Crippen molar-refractivity contribution in [3.8, 4) is 0 Å². The van der Waals surface area contributed by atoms with Crippen LogP contribution in [0.3, 0.4) is 0 Å². The lowest BCUT2D eigenvalue weighted by molar-refractivity contribution is -0.139. The molecule has 0 bridgehead atoms. The molecule has 0 atom stereocenters. The maximum atomic E-state index is 13.1. The zero-order chi connectivity index (χ0) is 25.1. The van der Waals surface area contributed by atoms with Crippen molar-refractivity contribution in [2.45, 2.75) is 31.7 Å². The van der Waals surface area contributed by atoms with E-state index in [9.17, 15) is 18.8 Å². The molecular formula is C27H24FN3O3S. The average molecular weight is 490 g/mol. The van der Waals surface area contributed by atoms with Gasteiger partial charge in [0.15, 0.2) is 0 Å². The van der Waals surface area contributed by atoms with Crippen molar-refractivity contribution in [3.05, 3.63) is 100 Å². The first-order chi connectivity index (χ1) is 16.7. The van der Waals surface area contributed by atoms with Crippen molar-refractivity contribution in [2.24, 2.45) is 0 Å². The standard InChI is InChI=1S/C27H24FN3O3S/c1-16(2)31-26(33)23(29-20-10-4-17(3)5-11-20)24(27(31)34)35-22-14-12-21(13-15-22)30-25(32)18-6-8-19(28)9-7-18/h4-16,29H,1-3H3,(H,30,32). The minimum atomic E-state index is -0.413. The molecular weight excluding hydrogens is 465 g/mol. The van der Waals surface area contributed by atoms with Crippen molar-refractivity contribution in [1.29, 1.82) is 0 Å². The van der Waals surface area contributed by atoms with Crippen molar-refractivity contribution >= 4 is 40.9 Å². The fraction of sp³-hybridized carbons (Fsp3) is 0.148. The smallest absolute Gasteiger partial charge is 0.278 e. The minimum Gasteiger partial charge on any atom is -0.350 e. The van der Waals surface area contributed by atoms with Crippen LogP contribution in [0.2, 0.25) is 0 Å². The van der Waals surface area contributed by atoms with E-state index in [1.165, 1.54) is 40.9 Å². The summed E-state index contributed by atoms with van der Waals surface area (Å²) < 4.78 is 13.1. The molecule has 0 saturated carbocycles. The maximum Gasteiger partial charge on any atom is 0.278 e. The van der Waals surface area contributed by atoms with E-state index >= 15 is 0 Å². The summed E-state index contributed by atoms with van der Waals surface area (Å²) in [5.74, 6) is -1.49. The quantitative estimate of drug-likeness (QED) is 0.424. The van der Waals surface area contributed by atoms with E-state index < -0.39 is 5.82 Å². The van der Waals surface area contributed by atoms with Crippen LogP contribution in [0.1, 0.15) is 29.8 Å². The lowest BCUT2D eigenvalue weighted by Crippen LogP contribution is -2.38. The fourth-order valence-electron chi connectivity index (χ4n) is 3.51. The molecule has 0 fully saturated rings. The largest absolute Gasteiger partial charge is 0.350 e. The summed E-state index contributed by atoms with van der Waals surface area (Å²) >= 11 is 1.19. The molecule has 0 aliphatic carbocycles. The molecule has 2 N–H and O–H groups in total. The van der Waals surface area contributed by atoms with Crippen LogP contribution in [-0.2, 0) is 9.59 Å². The first kappa shape index (κ1) is 24.2. The molecule has 3 aromatic rings. The summed E-state index contributed by atoms with van der Waals surface area (Å²) in [4.78, 5) is 40.8. The lowest BCUT2D eigenvalue weighted by Gasteiger charge is -2.19. The maximum absolute atomic E-state index is 13.1. The summed E-state index contributed by atoms with van der Waals surface area (Å²) in [5.41, 5.74) is 2.93. The Morgan fingerprint density at radius 1 is 0.857 bits per heavy atom. The third kappa shape index (κ3) is 5.44. The predicted octanol–water partition coefficient (Wildman–Crippen LogP) is 5.58. The zero-order valence-corrected chi connectivity index (χ0v) is 20.3. The van der Waals surface area contributed by atoms with Gasteiger partial charge < -0.3 is 10.6 Å². The van der Waals surface area contributed by atoms with Crippen molar-refractivity contribution in [2.75, 3.05) is 10.6 Å². The number of nitrogens with zero attached hydrogens (tertiary/aromatic N) is 1. The van der Waals surface area contributed by atoms with Gasteiger partial charge in [-0.15, -0.1) is 0 Å². The van der Waals surface area contributed by atoms with Gasteiger partial charge >= 0.3 is 0 Å². The molecule has 0 unspecified atom stereocenters. The summed E-state index contributed by atoms with van der Waals surface area (Å²) in [6, 6.07) is 19.5. The van der Waals surface area contributed by atoms with E-state index in [4.69, 9.17) is 0 Å². The van der Waals surface area contributed by atoms with Gasteiger partial charge in [-0.25, -0.2) is 4.39 Å². The lowest BCUT2D eigenvalue weighted by atomic mass is 10.2. The Labute approximate surface area is 207 Å². The Balaban J connectivity index is 1.54. The first-order valence-corrected chi connectivity index (χ1v) is 11.9. The summed E-state index contributed by atoms with van der Waals surface area (Å²) in [7, 11) is 0. The molecule has 0 aromatic heterocycles. The number of benzene rings is 3. The summed E-state index contributed by atoms with van der Waals surface area (Å²) in [6.45, 7) is 5.57. The highest BCUT2D eigenvalue weighted by molar-refractivity contribution is 8.04. The number of carbonyl (C=O) groups excluding carboxylic acids is 3. The molecule has 1 aliphatic heterocycles. The molecule has 4 rings (SSSR count). The number of hydrogen-bond acceptors (Lipinski definition) is 5. The van der Waals surface area contributed by atoms with Gasteiger partial charge in [-0.2, -0.15) is 0 Å². The highest BCUT2D eigenvalue weighted by Crippen LogP contribution is 2.37. The Kier molecular flexibility index (Phi) is 7.02. The van der Waals surface area contributed by atoms with Gasteiger partial charge in [0.05, 0.1) is 0 Å². The van der Waals surface area contributed by atoms with E-state index in [-0.39, 0.29) is 29.5 Å². The zero-order valence-electron chi connectivity index (χ0n) is 19.5. The first-order valence-electron chi connectivity index (χ1n) is 11.0.